The van der Waals surface area contributed by atoms with Gasteiger partial charge in [-0.3, -0.25) is 4.79 Å². The summed E-state index contributed by atoms with van der Waals surface area (Å²) in [7, 11) is 0. The number of halogens is 3. The second-order valence-electron chi connectivity index (χ2n) is 5.83. The molecule has 7 heteroatoms. The Morgan fingerprint density at radius 2 is 1.70 bits per heavy atom. The lowest BCUT2D eigenvalue weighted by atomic mass is 10.2. The van der Waals surface area contributed by atoms with E-state index >= 15 is 0 Å². The number of hydrogen-bond acceptors (Lipinski definition) is 3. The molecule has 0 saturated heterocycles. The van der Waals surface area contributed by atoms with Gasteiger partial charge in [0.15, 0.2) is 11.6 Å². The first-order chi connectivity index (χ1) is 13.0. The highest BCUT2D eigenvalue weighted by Gasteiger charge is 2.14. The minimum atomic E-state index is -0.999. The SMILES string of the molecule is O=c1c2cc(Cl)ccc2nc(Nc2ccc(F)c(F)c2)n1-c1ccccc1. The van der Waals surface area contributed by atoms with Crippen molar-refractivity contribution in [2.75, 3.05) is 5.32 Å². The smallest absolute Gasteiger partial charge is 0.267 e. The van der Waals surface area contributed by atoms with Crippen LogP contribution in [0.1, 0.15) is 0 Å². The van der Waals surface area contributed by atoms with Gasteiger partial charge in [-0.15, -0.1) is 0 Å². The molecule has 134 valence electrons. The van der Waals surface area contributed by atoms with E-state index in [4.69, 9.17) is 11.6 Å². The summed E-state index contributed by atoms with van der Waals surface area (Å²) in [6.45, 7) is 0. The van der Waals surface area contributed by atoms with Gasteiger partial charge in [0.1, 0.15) is 0 Å². The average Bonchev–Trinajstić information content (AvgIpc) is 2.66. The first-order valence-electron chi connectivity index (χ1n) is 8.03. The zero-order valence-corrected chi connectivity index (χ0v) is 14.5. The van der Waals surface area contributed by atoms with Crippen LogP contribution in [0, 0.1) is 11.6 Å². The fourth-order valence-electron chi connectivity index (χ4n) is 2.76. The number of benzene rings is 3. The van der Waals surface area contributed by atoms with Crippen LogP contribution in [-0.2, 0) is 0 Å². The van der Waals surface area contributed by atoms with Crippen LogP contribution in [0.5, 0.6) is 0 Å². The molecule has 0 bridgehead atoms. The van der Waals surface area contributed by atoms with E-state index in [9.17, 15) is 13.6 Å². The van der Waals surface area contributed by atoms with Crippen molar-refractivity contribution >= 4 is 34.1 Å². The number of fused-ring (bicyclic) bond motifs is 1. The third kappa shape index (κ3) is 3.27. The van der Waals surface area contributed by atoms with Gasteiger partial charge in [-0.2, -0.15) is 0 Å². The molecule has 0 aliphatic rings. The van der Waals surface area contributed by atoms with Gasteiger partial charge in [-0.1, -0.05) is 29.8 Å². The normalized spacial score (nSPS) is 10.9. The van der Waals surface area contributed by atoms with E-state index < -0.39 is 11.6 Å². The lowest BCUT2D eigenvalue weighted by molar-refractivity contribution is 0.509. The summed E-state index contributed by atoms with van der Waals surface area (Å²) in [6.07, 6.45) is 0. The Morgan fingerprint density at radius 1 is 0.926 bits per heavy atom. The van der Waals surface area contributed by atoms with Crippen LogP contribution in [0.3, 0.4) is 0 Å². The van der Waals surface area contributed by atoms with Crippen LogP contribution in [0.25, 0.3) is 16.6 Å². The predicted molar refractivity (Wildman–Crippen MR) is 102 cm³/mol. The van der Waals surface area contributed by atoms with Gasteiger partial charge in [-0.05, 0) is 42.5 Å². The number of rotatable bonds is 3. The maximum atomic E-state index is 13.6. The molecule has 4 nitrogen and oxygen atoms in total. The fraction of sp³-hybridized carbons (Fsp3) is 0. The topological polar surface area (TPSA) is 46.9 Å². The highest BCUT2D eigenvalue weighted by atomic mass is 35.5. The molecule has 0 fully saturated rings. The molecule has 3 aromatic carbocycles. The van der Waals surface area contributed by atoms with Crippen molar-refractivity contribution in [3.63, 3.8) is 0 Å². The molecule has 0 atom stereocenters. The van der Waals surface area contributed by atoms with E-state index in [2.05, 4.69) is 10.3 Å². The van der Waals surface area contributed by atoms with Gasteiger partial charge in [0.25, 0.3) is 5.56 Å². The lowest BCUT2D eigenvalue weighted by Gasteiger charge is -2.15. The first-order valence-corrected chi connectivity index (χ1v) is 8.40. The van der Waals surface area contributed by atoms with Gasteiger partial charge in [0.05, 0.1) is 16.6 Å². The summed E-state index contributed by atoms with van der Waals surface area (Å²) < 4.78 is 28.1. The molecular weight excluding hydrogens is 372 g/mol. The third-order valence-corrected chi connectivity index (χ3v) is 4.26. The van der Waals surface area contributed by atoms with Crippen LogP contribution in [0.4, 0.5) is 20.4 Å². The summed E-state index contributed by atoms with van der Waals surface area (Å²) >= 11 is 6.02. The van der Waals surface area contributed by atoms with Gasteiger partial charge in [0, 0.05) is 16.8 Å². The predicted octanol–water partition coefficient (Wildman–Crippen LogP) is 5.06. The molecule has 1 aromatic heterocycles. The van der Waals surface area contributed by atoms with E-state index in [1.54, 1.807) is 42.5 Å². The monoisotopic (exact) mass is 383 g/mol. The van der Waals surface area contributed by atoms with Crippen LogP contribution in [0.2, 0.25) is 5.02 Å². The maximum Gasteiger partial charge on any atom is 0.267 e. The minimum Gasteiger partial charge on any atom is -0.325 e. The number of para-hydroxylation sites is 1. The second kappa shape index (κ2) is 6.81. The number of nitrogens with one attached hydrogen (secondary N) is 1. The number of nitrogens with zero attached hydrogens (tertiary/aromatic N) is 2. The Labute approximate surface area is 157 Å². The molecule has 0 amide bonds. The highest BCUT2D eigenvalue weighted by Crippen LogP contribution is 2.23. The number of hydrogen-bond donors (Lipinski definition) is 1. The summed E-state index contributed by atoms with van der Waals surface area (Å²) in [5.74, 6) is -1.78. The molecule has 0 spiro atoms. The molecule has 1 N–H and O–H groups in total. The van der Waals surface area contributed by atoms with Crippen molar-refractivity contribution in [1.82, 2.24) is 9.55 Å². The van der Waals surface area contributed by atoms with E-state index in [0.717, 1.165) is 12.1 Å². The molecule has 0 radical (unpaired) electrons. The van der Waals surface area contributed by atoms with Gasteiger partial charge in [-0.25, -0.2) is 18.3 Å². The Morgan fingerprint density at radius 3 is 2.44 bits per heavy atom. The van der Waals surface area contributed by atoms with Crippen molar-refractivity contribution in [3.05, 3.63) is 93.7 Å². The number of aromatic nitrogens is 2. The van der Waals surface area contributed by atoms with Gasteiger partial charge < -0.3 is 5.32 Å². The van der Waals surface area contributed by atoms with E-state index in [0.29, 0.717) is 21.6 Å². The van der Waals surface area contributed by atoms with E-state index in [1.165, 1.54) is 10.6 Å². The molecule has 0 saturated carbocycles. The molecule has 1 heterocycles. The minimum absolute atomic E-state index is 0.173. The maximum absolute atomic E-state index is 13.6. The first kappa shape index (κ1) is 17.2. The molecule has 4 rings (SSSR count). The summed E-state index contributed by atoms with van der Waals surface area (Å²) in [6, 6.07) is 17.1. The Hall–Kier alpha value is -3.25. The highest BCUT2D eigenvalue weighted by molar-refractivity contribution is 6.31. The number of anilines is 2. The molecule has 4 aromatic rings. The summed E-state index contributed by atoms with van der Waals surface area (Å²) in [4.78, 5) is 17.6. The van der Waals surface area contributed by atoms with Crippen LogP contribution < -0.4 is 10.9 Å². The zero-order valence-electron chi connectivity index (χ0n) is 13.8. The second-order valence-corrected chi connectivity index (χ2v) is 6.26. The molecule has 0 unspecified atom stereocenters. The Balaban J connectivity index is 1.96. The van der Waals surface area contributed by atoms with Crippen LogP contribution >= 0.6 is 11.6 Å². The van der Waals surface area contributed by atoms with Crippen molar-refractivity contribution in [3.8, 4) is 5.69 Å². The van der Waals surface area contributed by atoms with Crippen molar-refractivity contribution < 1.29 is 8.78 Å². The average molecular weight is 384 g/mol. The lowest BCUT2D eigenvalue weighted by Crippen LogP contribution is -2.22. The Bertz CT molecular complexity index is 1210. The molecule has 0 aliphatic heterocycles. The van der Waals surface area contributed by atoms with E-state index in [-0.39, 0.29) is 17.2 Å². The molecule has 0 aliphatic carbocycles. The fourth-order valence-corrected chi connectivity index (χ4v) is 2.93. The summed E-state index contributed by atoms with van der Waals surface area (Å²) in [5.41, 5.74) is 0.932. The van der Waals surface area contributed by atoms with E-state index in [1.807, 2.05) is 6.07 Å². The van der Waals surface area contributed by atoms with Crippen LogP contribution in [-0.4, -0.2) is 9.55 Å². The third-order valence-electron chi connectivity index (χ3n) is 4.02. The summed E-state index contributed by atoms with van der Waals surface area (Å²) in [5, 5.41) is 3.67. The molecular formula is C20H12ClF2N3O. The quantitative estimate of drug-likeness (QED) is 0.538. The largest absolute Gasteiger partial charge is 0.325 e. The van der Waals surface area contributed by atoms with Crippen molar-refractivity contribution in [2.24, 2.45) is 0 Å². The Kier molecular flexibility index (Phi) is 4.33. The van der Waals surface area contributed by atoms with Gasteiger partial charge >= 0.3 is 0 Å². The zero-order chi connectivity index (χ0) is 19.0. The molecule has 27 heavy (non-hydrogen) atoms. The standard InChI is InChI=1S/C20H12ClF2N3O/c21-12-6-9-18-15(10-12)19(27)26(14-4-2-1-3-5-14)20(25-18)24-13-7-8-16(22)17(23)11-13/h1-11H,(H,24,25). The van der Waals surface area contributed by atoms with Crippen LogP contribution in [0.15, 0.2) is 71.5 Å². The van der Waals surface area contributed by atoms with Gasteiger partial charge in [0.2, 0.25) is 5.95 Å². The van der Waals surface area contributed by atoms with Crippen molar-refractivity contribution in [2.45, 2.75) is 0 Å². The van der Waals surface area contributed by atoms with Crippen molar-refractivity contribution in [1.29, 1.82) is 0 Å².